The van der Waals surface area contributed by atoms with E-state index in [2.05, 4.69) is 4.52 Å². The van der Waals surface area contributed by atoms with Gasteiger partial charge in [0.2, 0.25) is 0 Å². The lowest BCUT2D eigenvalue weighted by Gasteiger charge is -2.20. The van der Waals surface area contributed by atoms with Crippen LogP contribution in [0.15, 0.2) is 0 Å². The minimum atomic E-state index is -5.17. The molecule has 8 N–H and O–H groups in total. The molecule has 0 saturated carbocycles. The van der Waals surface area contributed by atoms with Gasteiger partial charge in [-0.05, 0) is 0 Å². The van der Waals surface area contributed by atoms with Crippen molar-refractivity contribution in [3.05, 3.63) is 0 Å². The zero-order chi connectivity index (χ0) is 13.9. The number of carbonyl (C=O) groups is 3. The van der Waals surface area contributed by atoms with Crippen LogP contribution >= 0.6 is 7.82 Å². The highest BCUT2D eigenvalue weighted by Crippen LogP contribution is 2.37. The van der Waals surface area contributed by atoms with Gasteiger partial charge in [0.1, 0.15) is 0 Å². The molecule has 1 unspecified atom stereocenters. The molecule has 0 spiro atoms. The minimum absolute atomic E-state index is 0. The number of carboxylic acids is 2. The summed E-state index contributed by atoms with van der Waals surface area (Å²) in [6, 6.07) is 0. The Bertz CT molecular complexity index is 388. The van der Waals surface area contributed by atoms with Crippen LogP contribution < -0.4 is 6.15 Å². The van der Waals surface area contributed by atoms with Crippen LogP contribution in [0.1, 0.15) is 12.8 Å². The molecule has 0 saturated heterocycles. The Morgan fingerprint density at radius 3 is 1.83 bits per heavy atom. The van der Waals surface area contributed by atoms with Crippen molar-refractivity contribution in [2.24, 2.45) is 0 Å². The summed E-state index contributed by atoms with van der Waals surface area (Å²) in [7, 11) is -5.17. The fourth-order valence-electron chi connectivity index (χ4n) is 0.868. The molecule has 0 aromatic heterocycles. The fraction of sp³-hybridized carbons (Fsp3) is 0.500. The Labute approximate surface area is 99.8 Å². The number of phosphoric ester groups is 1. The molecule has 0 heterocycles. The molecule has 0 aliphatic carbocycles. The zero-order valence-corrected chi connectivity index (χ0v) is 9.74. The van der Waals surface area contributed by atoms with Crippen molar-refractivity contribution in [2.75, 3.05) is 0 Å². The molecule has 12 heteroatoms. The Morgan fingerprint density at radius 2 is 1.56 bits per heavy atom. The summed E-state index contributed by atoms with van der Waals surface area (Å²) in [5, 5.41) is 26.1. The average molecular weight is 289 g/mol. The topological polar surface area (TPSA) is 214 Å². The van der Waals surface area contributed by atoms with Crippen molar-refractivity contribution in [3.8, 4) is 0 Å². The van der Waals surface area contributed by atoms with Crippen LogP contribution in [0.5, 0.6) is 0 Å². The second-order valence-corrected chi connectivity index (χ2v) is 4.20. The molecule has 0 radical (unpaired) electrons. The van der Waals surface area contributed by atoms with Crippen molar-refractivity contribution < 1.29 is 48.6 Å². The molecule has 18 heavy (non-hydrogen) atoms. The summed E-state index contributed by atoms with van der Waals surface area (Å²) in [5.74, 6) is -5.47. The molecule has 1 atom stereocenters. The molecule has 106 valence electrons. The Balaban J connectivity index is 0. The maximum atomic E-state index is 10.8. The van der Waals surface area contributed by atoms with E-state index in [-0.39, 0.29) is 6.15 Å². The number of carboxylic acid groups (broad SMARTS) is 2. The summed E-state index contributed by atoms with van der Waals surface area (Å²) >= 11 is 0. The second kappa shape index (κ2) is 6.42. The van der Waals surface area contributed by atoms with Crippen molar-refractivity contribution in [1.82, 2.24) is 6.15 Å². The molecule has 0 aliphatic rings. The third kappa shape index (κ3) is 6.93. The smallest absolute Gasteiger partial charge is 0.481 e. The molecule has 0 aromatic carbocycles. The average Bonchev–Trinajstić information content (AvgIpc) is 1.96. The standard InChI is InChI=1S/C6H9O10P.H3N/c7-3(8)1-6(12,5(10)11)2-4(9)16-17(13,14)15;/h12H,1-2H2,(H,7,8)(H,10,11)(H2,13,14,15);1H3. The van der Waals surface area contributed by atoms with E-state index in [0.717, 1.165) is 0 Å². The molecule has 0 aromatic rings. The van der Waals surface area contributed by atoms with E-state index < -0.39 is 44.2 Å². The van der Waals surface area contributed by atoms with Crippen LogP contribution in [-0.4, -0.2) is 48.6 Å². The maximum absolute atomic E-state index is 10.8. The quantitative estimate of drug-likeness (QED) is 0.308. The number of aliphatic carboxylic acids is 2. The first-order valence-corrected chi connectivity index (χ1v) is 5.45. The summed E-state index contributed by atoms with van der Waals surface area (Å²) in [6.07, 6.45) is -2.72. The third-order valence-electron chi connectivity index (χ3n) is 1.50. The number of phosphoric acid groups is 1. The predicted octanol–water partition coefficient (Wildman–Crippen LogP) is -1.54. The monoisotopic (exact) mass is 289 g/mol. The van der Waals surface area contributed by atoms with E-state index >= 15 is 0 Å². The first kappa shape index (κ1) is 18.8. The third-order valence-corrected chi connectivity index (χ3v) is 1.94. The van der Waals surface area contributed by atoms with Gasteiger partial charge >= 0.3 is 25.7 Å². The molecule has 0 rings (SSSR count). The number of carbonyl (C=O) groups excluding carboxylic acids is 1. The van der Waals surface area contributed by atoms with Crippen molar-refractivity contribution >= 4 is 25.7 Å². The highest BCUT2D eigenvalue weighted by Gasteiger charge is 2.42. The number of rotatable bonds is 6. The predicted molar refractivity (Wildman–Crippen MR) is 52.6 cm³/mol. The molecular formula is C6H12NO10P. The highest BCUT2D eigenvalue weighted by molar-refractivity contribution is 7.46. The van der Waals surface area contributed by atoms with Gasteiger partial charge < -0.3 is 26.0 Å². The van der Waals surface area contributed by atoms with Gasteiger partial charge in [-0.3, -0.25) is 19.4 Å². The summed E-state index contributed by atoms with van der Waals surface area (Å²) in [5.41, 5.74) is -2.99. The van der Waals surface area contributed by atoms with Crippen LogP contribution in [0.25, 0.3) is 0 Å². The van der Waals surface area contributed by atoms with Crippen LogP contribution in [0.4, 0.5) is 0 Å². The molecule has 0 aliphatic heterocycles. The van der Waals surface area contributed by atoms with Gasteiger partial charge in [-0.15, -0.1) is 0 Å². The van der Waals surface area contributed by atoms with Gasteiger partial charge in [-0.25, -0.2) is 9.36 Å². The highest BCUT2D eigenvalue weighted by atomic mass is 31.2. The van der Waals surface area contributed by atoms with Gasteiger partial charge in [-0.2, -0.15) is 0 Å². The summed E-state index contributed by atoms with van der Waals surface area (Å²) < 4.78 is 13.7. The van der Waals surface area contributed by atoms with E-state index in [4.69, 9.17) is 20.0 Å². The van der Waals surface area contributed by atoms with Gasteiger partial charge in [-0.1, -0.05) is 0 Å². The van der Waals surface area contributed by atoms with E-state index in [1.807, 2.05) is 0 Å². The van der Waals surface area contributed by atoms with Crippen LogP contribution in [0.2, 0.25) is 0 Å². The molecule has 0 fully saturated rings. The Kier molecular flexibility index (Phi) is 6.72. The molecule has 11 nitrogen and oxygen atoms in total. The Hall–Kier alpha value is -1.52. The lowest BCUT2D eigenvalue weighted by molar-refractivity contribution is -0.170. The minimum Gasteiger partial charge on any atom is -0.481 e. The first-order valence-electron chi connectivity index (χ1n) is 3.92. The summed E-state index contributed by atoms with van der Waals surface area (Å²) in [6.45, 7) is 0. The summed E-state index contributed by atoms with van der Waals surface area (Å²) in [4.78, 5) is 48.1. The number of hydrogen-bond donors (Lipinski definition) is 6. The van der Waals surface area contributed by atoms with Crippen LogP contribution in [0.3, 0.4) is 0 Å². The van der Waals surface area contributed by atoms with Crippen LogP contribution in [0, 0.1) is 0 Å². The van der Waals surface area contributed by atoms with Crippen LogP contribution in [-0.2, 0) is 23.5 Å². The lowest BCUT2D eigenvalue weighted by atomic mass is 9.96. The van der Waals surface area contributed by atoms with Crippen molar-refractivity contribution in [2.45, 2.75) is 18.4 Å². The first-order chi connectivity index (χ1) is 7.46. The lowest BCUT2D eigenvalue weighted by Crippen LogP contribution is -2.43. The maximum Gasteiger partial charge on any atom is 0.526 e. The normalized spacial score (nSPS) is 13.9. The zero-order valence-electron chi connectivity index (χ0n) is 8.85. The van der Waals surface area contributed by atoms with E-state index in [1.54, 1.807) is 0 Å². The van der Waals surface area contributed by atoms with Crippen molar-refractivity contribution in [3.63, 3.8) is 0 Å². The number of hydrogen-bond acceptors (Lipinski definition) is 7. The van der Waals surface area contributed by atoms with E-state index in [1.165, 1.54) is 0 Å². The fourth-order valence-corrected chi connectivity index (χ4v) is 1.20. The van der Waals surface area contributed by atoms with E-state index in [9.17, 15) is 24.1 Å². The molecular weight excluding hydrogens is 277 g/mol. The van der Waals surface area contributed by atoms with Gasteiger partial charge in [0, 0.05) is 0 Å². The largest absolute Gasteiger partial charge is 0.526 e. The Morgan fingerprint density at radius 1 is 1.11 bits per heavy atom. The SMILES string of the molecule is N.O=C(O)CC(O)(CC(=O)OP(=O)(O)O)C(=O)O. The van der Waals surface area contributed by atoms with Gasteiger partial charge in [0.15, 0.2) is 5.60 Å². The molecule has 0 bridgehead atoms. The molecule has 0 amide bonds. The van der Waals surface area contributed by atoms with Crippen molar-refractivity contribution in [1.29, 1.82) is 0 Å². The van der Waals surface area contributed by atoms with Gasteiger partial charge in [0.05, 0.1) is 12.8 Å². The second-order valence-electron chi connectivity index (χ2n) is 3.04. The van der Waals surface area contributed by atoms with E-state index in [0.29, 0.717) is 0 Å². The van der Waals surface area contributed by atoms with Gasteiger partial charge in [0.25, 0.3) is 0 Å². The number of aliphatic hydroxyl groups is 1.